The molecule has 0 aliphatic heterocycles. The summed E-state index contributed by atoms with van der Waals surface area (Å²) >= 11 is 0. The number of hydrogen-bond donors (Lipinski definition) is 1. The smallest absolute Gasteiger partial charge is 0.0473 e. The molecule has 106 valence electrons. The SMILES string of the molecule is CCCCN(CC(N)c1ccccc1)c1ccccc1. The van der Waals surface area contributed by atoms with Crippen molar-refractivity contribution in [1.29, 1.82) is 0 Å². The quantitative estimate of drug-likeness (QED) is 0.822. The summed E-state index contributed by atoms with van der Waals surface area (Å²) in [5.74, 6) is 0. The fourth-order valence-electron chi connectivity index (χ4n) is 2.36. The number of nitrogens with zero attached hydrogens (tertiary/aromatic N) is 1. The zero-order valence-electron chi connectivity index (χ0n) is 12.2. The van der Waals surface area contributed by atoms with Crippen LogP contribution in [0.1, 0.15) is 31.4 Å². The van der Waals surface area contributed by atoms with Gasteiger partial charge in [0, 0.05) is 24.8 Å². The lowest BCUT2D eigenvalue weighted by molar-refractivity contribution is 0.641. The highest BCUT2D eigenvalue weighted by atomic mass is 15.1. The third-order valence-electron chi connectivity index (χ3n) is 3.55. The lowest BCUT2D eigenvalue weighted by Crippen LogP contribution is -2.33. The van der Waals surface area contributed by atoms with Crippen LogP contribution in [0.3, 0.4) is 0 Å². The van der Waals surface area contributed by atoms with E-state index in [1.807, 2.05) is 18.2 Å². The normalized spacial score (nSPS) is 12.1. The summed E-state index contributed by atoms with van der Waals surface area (Å²) in [4.78, 5) is 2.39. The first kappa shape index (κ1) is 14.6. The largest absolute Gasteiger partial charge is 0.370 e. The van der Waals surface area contributed by atoms with Crippen molar-refractivity contribution in [2.75, 3.05) is 18.0 Å². The van der Waals surface area contributed by atoms with E-state index in [0.29, 0.717) is 0 Å². The summed E-state index contributed by atoms with van der Waals surface area (Å²) in [6.07, 6.45) is 2.39. The molecule has 1 unspecified atom stereocenters. The Hall–Kier alpha value is -1.80. The number of hydrogen-bond acceptors (Lipinski definition) is 2. The van der Waals surface area contributed by atoms with Gasteiger partial charge >= 0.3 is 0 Å². The lowest BCUT2D eigenvalue weighted by atomic mass is 10.1. The molecule has 0 bridgehead atoms. The van der Waals surface area contributed by atoms with E-state index in [1.54, 1.807) is 0 Å². The van der Waals surface area contributed by atoms with Crippen LogP contribution in [0.2, 0.25) is 0 Å². The molecule has 0 saturated carbocycles. The van der Waals surface area contributed by atoms with Crippen LogP contribution in [0.5, 0.6) is 0 Å². The molecule has 0 heterocycles. The Kier molecular flexibility index (Phi) is 5.63. The number of anilines is 1. The minimum atomic E-state index is 0.0493. The van der Waals surface area contributed by atoms with Crippen molar-refractivity contribution >= 4 is 5.69 Å². The van der Waals surface area contributed by atoms with Crippen LogP contribution in [-0.4, -0.2) is 13.1 Å². The summed E-state index contributed by atoms with van der Waals surface area (Å²) in [6, 6.07) is 20.9. The molecule has 0 spiro atoms. The van der Waals surface area contributed by atoms with E-state index < -0.39 is 0 Å². The summed E-state index contributed by atoms with van der Waals surface area (Å²) in [5, 5.41) is 0. The molecular formula is C18H24N2. The van der Waals surface area contributed by atoms with Crippen LogP contribution in [0, 0.1) is 0 Å². The van der Waals surface area contributed by atoms with Crippen molar-refractivity contribution in [2.24, 2.45) is 5.73 Å². The monoisotopic (exact) mass is 268 g/mol. The number of para-hydroxylation sites is 1. The third-order valence-corrected chi connectivity index (χ3v) is 3.55. The van der Waals surface area contributed by atoms with Crippen molar-refractivity contribution in [3.05, 3.63) is 66.2 Å². The van der Waals surface area contributed by atoms with Gasteiger partial charge in [0.15, 0.2) is 0 Å². The Morgan fingerprint density at radius 2 is 1.55 bits per heavy atom. The van der Waals surface area contributed by atoms with E-state index in [1.165, 1.54) is 24.1 Å². The van der Waals surface area contributed by atoms with E-state index in [-0.39, 0.29) is 6.04 Å². The van der Waals surface area contributed by atoms with Gasteiger partial charge in [0.1, 0.15) is 0 Å². The van der Waals surface area contributed by atoms with Crippen molar-refractivity contribution in [1.82, 2.24) is 0 Å². The van der Waals surface area contributed by atoms with E-state index >= 15 is 0 Å². The topological polar surface area (TPSA) is 29.3 Å². The standard InChI is InChI=1S/C18H24N2/c1-2-3-14-20(17-12-8-5-9-13-17)15-18(19)16-10-6-4-7-11-16/h4-13,18H,2-3,14-15,19H2,1H3. The summed E-state index contributed by atoms with van der Waals surface area (Å²) in [6.45, 7) is 4.13. The van der Waals surface area contributed by atoms with Crippen molar-refractivity contribution in [3.8, 4) is 0 Å². The van der Waals surface area contributed by atoms with Crippen LogP contribution < -0.4 is 10.6 Å². The molecule has 20 heavy (non-hydrogen) atoms. The first-order valence-corrected chi connectivity index (χ1v) is 7.41. The Labute approximate surface area is 122 Å². The van der Waals surface area contributed by atoms with Gasteiger partial charge in [0.05, 0.1) is 0 Å². The molecule has 0 saturated heterocycles. The summed E-state index contributed by atoms with van der Waals surface area (Å²) in [7, 11) is 0. The molecule has 0 aliphatic carbocycles. The first-order valence-electron chi connectivity index (χ1n) is 7.41. The Balaban J connectivity index is 2.08. The van der Waals surface area contributed by atoms with Crippen molar-refractivity contribution < 1.29 is 0 Å². The summed E-state index contributed by atoms with van der Waals surface area (Å²) < 4.78 is 0. The van der Waals surface area contributed by atoms with E-state index in [2.05, 4.69) is 54.3 Å². The highest BCUT2D eigenvalue weighted by molar-refractivity contribution is 5.46. The van der Waals surface area contributed by atoms with E-state index in [0.717, 1.165) is 13.1 Å². The third kappa shape index (κ3) is 4.10. The predicted molar refractivity (Wildman–Crippen MR) is 86.9 cm³/mol. The number of rotatable bonds is 7. The fourth-order valence-corrected chi connectivity index (χ4v) is 2.36. The van der Waals surface area contributed by atoms with E-state index in [9.17, 15) is 0 Å². The van der Waals surface area contributed by atoms with Gasteiger partial charge in [-0.3, -0.25) is 0 Å². The number of unbranched alkanes of at least 4 members (excludes halogenated alkanes) is 1. The Morgan fingerprint density at radius 1 is 0.950 bits per heavy atom. The predicted octanol–water partition coefficient (Wildman–Crippen LogP) is 3.99. The molecule has 2 nitrogen and oxygen atoms in total. The van der Waals surface area contributed by atoms with Crippen molar-refractivity contribution in [2.45, 2.75) is 25.8 Å². The van der Waals surface area contributed by atoms with Gasteiger partial charge in [-0.25, -0.2) is 0 Å². The maximum absolute atomic E-state index is 6.36. The molecule has 2 rings (SSSR count). The maximum Gasteiger partial charge on any atom is 0.0473 e. The first-order chi connectivity index (χ1) is 9.81. The molecule has 0 fully saturated rings. The molecule has 0 radical (unpaired) electrons. The van der Waals surface area contributed by atoms with Crippen LogP contribution in [0.4, 0.5) is 5.69 Å². The minimum absolute atomic E-state index is 0.0493. The second kappa shape index (κ2) is 7.71. The van der Waals surface area contributed by atoms with Gasteiger partial charge < -0.3 is 10.6 Å². The van der Waals surface area contributed by atoms with Gasteiger partial charge in [-0.1, -0.05) is 61.9 Å². The van der Waals surface area contributed by atoms with Crippen LogP contribution >= 0.6 is 0 Å². The zero-order valence-corrected chi connectivity index (χ0v) is 12.2. The van der Waals surface area contributed by atoms with Crippen LogP contribution in [-0.2, 0) is 0 Å². The molecule has 2 aromatic carbocycles. The molecule has 0 amide bonds. The van der Waals surface area contributed by atoms with Gasteiger partial charge in [0.25, 0.3) is 0 Å². The molecule has 1 atom stereocenters. The average molecular weight is 268 g/mol. The molecule has 0 aliphatic rings. The minimum Gasteiger partial charge on any atom is -0.370 e. The average Bonchev–Trinajstić information content (AvgIpc) is 2.53. The molecule has 0 aromatic heterocycles. The highest BCUT2D eigenvalue weighted by Gasteiger charge is 2.12. The Bertz CT molecular complexity index is 481. The van der Waals surface area contributed by atoms with E-state index in [4.69, 9.17) is 5.73 Å². The number of nitrogens with two attached hydrogens (primary N) is 1. The van der Waals surface area contributed by atoms with Crippen LogP contribution in [0.15, 0.2) is 60.7 Å². The van der Waals surface area contributed by atoms with Gasteiger partial charge in [-0.15, -0.1) is 0 Å². The fraction of sp³-hybridized carbons (Fsp3) is 0.333. The second-order valence-electron chi connectivity index (χ2n) is 5.15. The molecular weight excluding hydrogens is 244 g/mol. The van der Waals surface area contributed by atoms with Gasteiger partial charge in [-0.2, -0.15) is 0 Å². The molecule has 2 aromatic rings. The highest BCUT2D eigenvalue weighted by Crippen LogP contribution is 2.18. The van der Waals surface area contributed by atoms with Gasteiger partial charge in [0.2, 0.25) is 0 Å². The zero-order chi connectivity index (χ0) is 14.2. The van der Waals surface area contributed by atoms with Crippen LogP contribution in [0.25, 0.3) is 0 Å². The van der Waals surface area contributed by atoms with Gasteiger partial charge in [-0.05, 0) is 24.1 Å². The lowest BCUT2D eigenvalue weighted by Gasteiger charge is -2.28. The number of benzene rings is 2. The molecule has 2 N–H and O–H groups in total. The van der Waals surface area contributed by atoms with Crippen molar-refractivity contribution in [3.63, 3.8) is 0 Å². The molecule has 2 heteroatoms. The second-order valence-corrected chi connectivity index (χ2v) is 5.15. The Morgan fingerprint density at radius 3 is 2.15 bits per heavy atom. The maximum atomic E-state index is 6.36. The summed E-state index contributed by atoms with van der Waals surface area (Å²) in [5.41, 5.74) is 8.82.